The summed E-state index contributed by atoms with van der Waals surface area (Å²) < 4.78 is 62.6. The molecule has 7 nitrogen and oxygen atoms in total. The van der Waals surface area contributed by atoms with Crippen LogP contribution in [0.2, 0.25) is 0 Å². The van der Waals surface area contributed by atoms with Gasteiger partial charge in [-0.2, -0.15) is 17.2 Å². The summed E-state index contributed by atoms with van der Waals surface area (Å²) in [6, 6.07) is 8.32. The lowest BCUT2D eigenvalue weighted by molar-refractivity contribution is -0.151. The van der Waals surface area contributed by atoms with E-state index in [4.69, 9.17) is 4.55 Å². The fourth-order valence-electron chi connectivity index (χ4n) is 1.80. The number of rotatable bonds is 5. The molecule has 2 aromatic rings. The molecule has 0 aliphatic carbocycles. The van der Waals surface area contributed by atoms with Gasteiger partial charge in [0.25, 0.3) is 5.91 Å². The Morgan fingerprint density at radius 2 is 1.64 bits per heavy atom. The number of esters is 1. The van der Waals surface area contributed by atoms with Crippen LogP contribution in [0.25, 0.3) is 0 Å². The van der Waals surface area contributed by atoms with Crippen LogP contribution in [-0.4, -0.2) is 30.1 Å². The summed E-state index contributed by atoms with van der Waals surface area (Å²) in [6.45, 7) is 0. The normalized spacial score (nSPS) is 11.8. The Kier molecular flexibility index (Phi) is 7.59. The Morgan fingerprint density at radius 3 is 2.18 bits per heavy atom. The Bertz CT molecular complexity index is 1040. The summed E-state index contributed by atoms with van der Waals surface area (Å²) in [5, 5.41) is -2.49. The second kappa shape index (κ2) is 9.00. The van der Waals surface area contributed by atoms with Gasteiger partial charge >= 0.3 is 21.3 Å². The molecule has 0 bridgehead atoms. The van der Waals surface area contributed by atoms with Crippen LogP contribution < -0.4 is 10.1 Å². The quantitative estimate of drug-likeness (QED) is 0.157. The van der Waals surface area contributed by atoms with E-state index in [-0.39, 0.29) is 5.69 Å². The summed E-state index contributed by atoms with van der Waals surface area (Å²) >= 11 is 6.23. The summed E-state index contributed by atoms with van der Waals surface area (Å²) in [7, 11) is -5.95. The molecule has 0 aliphatic rings. The second-order valence-corrected chi connectivity index (χ2v) is 10.1. The fraction of sp³-hybridized carbons (Fsp3) is 0.0667. The first-order chi connectivity index (χ1) is 12.8. The fourth-order valence-corrected chi connectivity index (χ4v) is 4.45. The third kappa shape index (κ3) is 5.48. The van der Waals surface area contributed by atoms with Crippen LogP contribution in [0.15, 0.2) is 36.4 Å². The number of alkyl halides is 2. The van der Waals surface area contributed by atoms with Crippen LogP contribution in [0.5, 0.6) is 5.75 Å². The summed E-state index contributed by atoms with van der Waals surface area (Å²) in [5.41, 5.74) is 0.733. The van der Waals surface area contributed by atoms with Crippen molar-refractivity contribution in [3.05, 3.63) is 52.7 Å². The summed E-state index contributed by atoms with van der Waals surface area (Å²) in [6.07, 6.45) is 0. The Hall–Kier alpha value is -0.660. The smallest absolute Gasteiger partial charge is 0.421 e. The molecule has 28 heavy (non-hydrogen) atoms. The number of carbonyl (C=O) groups is 2. The molecule has 0 heterocycles. The first-order valence-corrected chi connectivity index (χ1v) is 11.6. The lowest BCUT2D eigenvalue weighted by Gasteiger charge is -2.12. The van der Waals surface area contributed by atoms with Crippen LogP contribution in [0, 0.1) is 10.7 Å². The molecule has 0 aliphatic heterocycles. The van der Waals surface area contributed by atoms with Crippen molar-refractivity contribution in [2.45, 2.75) is 5.25 Å². The Morgan fingerprint density at radius 1 is 1.07 bits per heavy atom. The SMILES string of the molecule is O=C(Nc1ccc(OC(=O)C(F)(F)S(=O)(=O)O)cc1)c1cc(I)cc(I)c1I. The van der Waals surface area contributed by atoms with Crippen LogP contribution in [0.1, 0.15) is 10.4 Å². The molecule has 2 N–H and O–H groups in total. The number of ether oxygens (including phenoxy) is 1. The van der Waals surface area contributed by atoms with Gasteiger partial charge in [-0.05, 0) is 104 Å². The molecule has 0 radical (unpaired) electrons. The summed E-state index contributed by atoms with van der Waals surface area (Å²) in [4.78, 5) is 23.7. The van der Waals surface area contributed by atoms with Gasteiger partial charge in [-0.25, -0.2) is 4.79 Å². The largest absolute Gasteiger partial charge is 0.466 e. The zero-order valence-corrected chi connectivity index (χ0v) is 20.5. The molecule has 0 saturated carbocycles. The molecular weight excluding hydrogens is 741 g/mol. The van der Waals surface area contributed by atoms with Gasteiger partial charge in [0.05, 0.1) is 5.56 Å². The van der Waals surface area contributed by atoms with Gasteiger partial charge < -0.3 is 10.1 Å². The van der Waals surface area contributed by atoms with Crippen molar-refractivity contribution in [3.8, 4) is 5.75 Å². The topological polar surface area (TPSA) is 110 Å². The maximum absolute atomic E-state index is 13.2. The average molecular weight is 749 g/mol. The van der Waals surface area contributed by atoms with Gasteiger partial charge in [0.15, 0.2) is 0 Å². The molecule has 0 spiro atoms. The number of anilines is 1. The molecule has 150 valence electrons. The number of hydrogen-bond donors (Lipinski definition) is 2. The van der Waals surface area contributed by atoms with Crippen LogP contribution in [-0.2, 0) is 14.9 Å². The van der Waals surface area contributed by atoms with Crippen LogP contribution in [0.3, 0.4) is 0 Å². The minimum Gasteiger partial charge on any atom is -0.421 e. The number of halogens is 5. The predicted octanol–water partition coefficient (Wildman–Crippen LogP) is 4.14. The van der Waals surface area contributed by atoms with Crippen molar-refractivity contribution >= 4 is 95.5 Å². The third-order valence-electron chi connectivity index (χ3n) is 3.12. The molecule has 2 aromatic carbocycles. The van der Waals surface area contributed by atoms with Gasteiger partial charge in [-0.15, -0.1) is 0 Å². The number of hydrogen-bond acceptors (Lipinski definition) is 5. The van der Waals surface area contributed by atoms with E-state index in [2.05, 4.69) is 55.2 Å². The minimum atomic E-state index is -5.95. The summed E-state index contributed by atoms with van der Waals surface area (Å²) in [5.74, 6) is -3.25. The zero-order chi connectivity index (χ0) is 21.3. The first kappa shape index (κ1) is 23.6. The molecule has 0 fully saturated rings. The maximum atomic E-state index is 13.2. The molecule has 13 heteroatoms. The Labute approximate surface area is 198 Å². The molecule has 0 unspecified atom stereocenters. The van der Waals surface area contributed by atoms with Crippen molar-refractivity contribution in [1.29, 1.82) is 0 Å². The highest BCUT2D eigenvalue weighted by Gasteiger charge is 2.54. The first-order valence-electron chi connectivity index (χ1n) is 6.96. The minimum absolute atomic E-state index is 0.288. The van der Waals surface area contributed by atoms with Gasteiger partial charge in [-0.3, -0.25) is 9.35 Å². The molecule has 0 aromatic heterocycles. The molecule has 2 rings (SSSR count). The van der Waals surface area contributed by atoms with Crippen LogP contribution in [0.4, 0.5) is 14.5 Å². The van der Waals surface area contributed by atoms with Gasteiger partial charge in [0.1, 0.15) is 5.75 Å². The van der Waals surface area contributed by atoms with Crippen molar-refractivity contribution in [2.24, 2.45) is 0 Å². The maximum Gasteiger partial charge on any atom is 0.466 e. The highest BCUT2D eigenvalue weighted by Crippen LogP contribution is 2.26. The second-order valence-electron chi connectivity index (χ2n) is 5.11. The lowest BCUT2D eigenvalue weighted by Crippen LogP contribution is -2.40. The van der Waals surface area contributed by atoms with E-state index >= 15 is 0 Å². The highest BCUT2D eigenvalue weighted by atomic mass is 127. The number of amides is 1. The van der Waals surface area contributed by atoms with Crippen molar-refractivity contribution in [2.75, 3.05) is 5.32 Å². The Balaban J connectivity index is 2.13. The molecule has 0 atom stereocenters. The monoisotopic (exact) mass is 749 g/mol. The third-order valence-corrected chi connectivity index (χ3v) is 7.60. The van der Waals surface area contributed by atoms with E-state index in [9.17, 15) is 26.8 Å². The van der Waals surface area contributed by atoms with E-state index in [1.165, 1.54) is 12.1 Å². The van der Waals surface area contributed by atoms with E-state index < -0.39 is 33.0 Å². The van der Waals surface area contributed by atoms with E-state index in [1.54, 1.807) is 6.07 Å². The highest BCUT2D eigenvalue weighted by molar-refractivity contribution is 14.1. The van der Waals surface area contributed by atoms with Crippen molar-refractivity contribution in [1.82, 2.24) is 0 Å². The van der Waals surface area contributed by atoms with E-state index in [1.807, 2.05) is 28.7 Å². The van der Waals surface area contributed by atoms with Gasteiger partial charge in [0.2, 0.25) is 0 Å². The standard InChI is InChI=1S/C15H8F2I3NO6S/c16-15(17,28(24,25)26)14(23)27-9-3-1-8(2-4-9)21-13(22)10-5-7(18)6-11(19)12(10)20/h1-6H,(H,21,22)(H,24,25,26). The van der Waals surface area contributed by atoms with Crippen molar-refractivity contribution < 1.29 is 36.1 Å². The molecular formula is C15H8F2I3NO6S. The molecule has 1 amide bonds. The van der Waals surface area contributed by atoms with E-state index in [0.717, 1.165) is 22.8 Å². The van der Waals surface area contributed by atoms with Gasteiger partial charge in [-0.1, -0.05) is 0 Å². The predicted molar refractivity (Wildman–Crippen MR) is 121 cm³/mol. The number of benzene rings is 2. The average Bonchev–Trinajstić information content (AvgIpc) is 2.58. The van der Waals surface area contributed by atoms with Gasteiger partial charge in [0, 0.05) is 16.4 Å². The number of nitrogens with one attached hydrogen (secondary N) is 1. The van der Waals surface area contributed by atoms with E-state index in [0.29, 0.717) is 5.56 Å². The zero-order valence-electron chi connectivity index (χ0n) is 13.3. The van der Waals surface area contributed by atoms with Crippen molar-refractivity contribution in [3.63, 3.8) is 0 Å². The lowest BCUT2D eigenvalue weighted by atomic mass is 10.2. The van der Waals surface area contributed by atoms with Crippen LogP contribution >= 0.6 is 67.8 Å². The molecule has 0 saturated heterocycles. The number of carbonyl (C=O) groups excluding carboxylic acids is 2.